The highest BCUT2D eigenvalue weighted by atomic mass is 35.5. The molecule has 7 heteroatoms. The number of carboxylic acids is 1. The van der Waals surface area contributed by atoms with Crippen LogP contribution in [0.3, 0.4) is 0 Å². The third-order valence-electron chi connectivity index (χ3n) is 5.13. The molecule has 0 radical (unpaired) electrons. The Morgan fingerprint density at radius 1 is 1.61 bits per heavy atom. The number of aryl methyl sites for hydroxylation is 1. The van der Waals surface area contributed by atoms with Crippen LogP contribution in [-0.2, 0) is 22.5 Å². The summed E-state index contributed by atoms with van der Waals surface area (Å²) in [4.78, 5) is 21.7. The Hall–Kier alpha value is -1.11. The van der Waals surface area contributed by atoms with Gasteiger partial charge in [-0.3, -0.25) is 9.69 Å². The van der Waals surface area contributed by atoms with E-state index in [0.29, 0.717) is 37.9 Å². The maximum atomic E-state index is 11.8. The normalized spacial score (nSPS) is 28.0. The van der Waals surface area contributed by atoms with Gasteiger partial charge in [0, 0.05) is 38.6 Å². The molecular weight excluding hydrogens is 318 g/mol. The molecule has 0 bridgehead atoms. The van der Waals surface area contributed by atoms with Gasteiger partial charge in [-0.15, -0.1) is 0 Å². The summed E-state index contributed by atoms with van der Waals surface area (Å²) in [7, 11) is 0. The lowest BCUT2D eigenvalue weighted by Gasteiger charge is -2.34. The van der Waals surface area contributed by atoms with E-state index in [-0.39, 0.29) is 5.92 Å². The van der Waals surface area contributed by atoms with Crippen molar-refractivity contribution in [3.8, 4) is 0 Å². The highest BCUT2D eigenvalue weighted by Crippen LogP contribution is 2.43. The van der Waals surface area contributed by atoms with Crippen LogP contribution in [0.25, 0.3) is 0 Å². The number of fused-ring (bicyclic) bond motifs is 1. The van der Waals surface area contributed by atoms with Crippen molar-refractivity contribution in [2.45, 2.75) is 39.2 Å². The molecule has 2 atom stereocenters. The zero-order chi connectivity index (χ0) is 16.4. The molecule has 3 rings (SSSR count). The lowest BCUT2D eigenvalue weighted by Crippen LogP contribution is -2.44. The van der Waals surface area contributed by atoms with E-state index < -0.39 is 11.4 Å². The van der Waals surface area contributed by atoms with Gasteiger partial charge in [-0.25, -0.2) is 4.98 Å². The van der Waals surface area contributed by atoms with Crippen LogP contribution in [0.5, 0.6) is 0 Å². The number of hydrogen-bond donors (Lipinski definition) is 2. The van der Waals surface area contributed by atoms with Crippen LogP contribution < -0.4 is 0 Å². The van der Waals surface area contributed by atoms with E-state index in [4.69, 9.17) is 16.3 Å². The van der Waals surface area contributed by atoms with Gasteiger partial charge in [-0.05, 0) is 12.8 Å². The molecule has 23 heavy (non-hydrogen) atoms. The second kappa shape index (κ2) is 6.79. The average Bonchev–Trinajstić information content (AvgIpc) is 3.06. The number of H-pyrrole nitrogens is 1. The molecular formula is C16H24ClN3O3. The van der Waals surface area contributed by atoms with Gasteiger partial charge >= 0.3 is 5.97 Å². The van der Waals surface area contributed by atoms with Crippen molar-refractivity contribution in [2.24, 2.45) is 11.3 Å². The highest BCUT2D eigenvalue weighted by Gasteiger charge is 2.53. The Morgan fingerprint density at radius 2 is 2.43 bits per heavy atom. The molecule has 0 amide bonds. The third kappa shape index (κ3) is 3.25. The summed E-state index contributed by atoms with van der Waals surface area (Å²) < 4.78 is 5.49. The van der Waals surface area contributed by atoms with Crippen LogP contribution in [0.2, 0.25) is 5.15 Å². The van der Waals surface area contributed by atoms with Gasteiger partial charge in [0.2, 0.25) is 0 Å². The number of nitrogens with zero attached hydrogens (tertiary/aromatic N) is 2. The molecule has 0 spiro atoms. The second-order valence-electron chi connectivity index (χ2n) is 6.71. The fourth-order valence-corrected chi connectivity index (χ4v) is 3.96. The van der Waals surface area contributed by atoms with Crippen LogP contribution in [0, 0.1) is 11.3 Å². The maximum Gasteiger partial charge on any atom is 0.311 e. The molecule has 6 nitrogen and oxygen atoms in total. The zero-order valence-electron chi connectivity index (χ0n) is 13.5. The van der Waals surface area contributed by atoms with Gasteiger partial charge in [0.15, 0.2) is 5.15 Å². The lowest BCUT2D eigenvalue weighted by atomic mass is 9.74. The monoisotopic (exact) mass is 341 g/mol. The molecule has 1 aromatic heterocycles. The Kier molecular flexibility index (Phi) is 4.94. The quantitative estimate of drug-likeness (QED) is 0.830. The molecule has 2 N–H and O–H groups in total. The van der Waals surface area contributed by atoms with Gasteiger partial charge < -0.3 is 14.8 Å². The average molecular weight is 342 g/mol. The number of carboxylic acid groups (broad SMARTS) is 1. The summed E-state index contributed by atoms with van der Waals surface area (Å²) in [5.41, 5.74) is 0.216. The summed E-state index contributed by atoms with van der Waals surface area (Å²) in [5, 5.41) is 10.2. The van der Waals surface area contributed by atoms with E-state index in [9.17, 15) is 9.90 Å². The van der Waals surface area contributed by atoms with E-state index in [0.717, 1.165) is 37.3 Å². The fourth-order valence-electron chi connectivity index (χ4n) is 3.75. The first-order valence-electron chi connectivity index (χ1n) is 8.32. The summed E-state index contributed by atoms with van der Waals surface area (Å²) in [6.07, 6.45) is 3.67. The van der Waals surface area contributed by atoms with Gasteiger partial charge in [0.05, 0.1) is 17.7 Å². The number of hydrogen-bond acceptors (Lipinski definition) is 4. The highest BCUT2D eigenvalue weighted by molar-refractivity contribution is 6.30. The van der Waals surface area contributed by atoms with Crippen molar-refractivity contribution in [3.63, 3.8) is 0 Å². The van der Waals surface area contributed by atoms with Crippen LogP contribution >= 0.6 is 11.6 Å². The number of nitrogens with one attached hydrogen (secondary N) is 1. The SMILES string of the molecule is CCCCc1nc(Cl)c(CN2C[C@@H]3COCC[C@]3(C(=O)O)C2)[nH]1. The van der Waals surface area contributed by atoms with Crippen LogP contribution in [0.1, 0.15) is 37.7 Å². The number of likely N-dealkylation sites (tertiary alicyclic amines) is 1. The van der Waals surface area contributed by atoms with Crippen molar-refractivity contribution in [1.29, 1.82) is 0 Å². The summed E-state index contributed by atoms with van der Waals surface area (Å²) in [6, 6.07) is 0. The maximum absolute atomic E-state index is 11.8. The topological polar surface area (TPSA) is 78.5 Å². The lowest BCUT2D eigenvalue weighted by molar-refractivity contribution is -0.157. The zero-order valence-corrected chi connectivity index (χ0v) is 14.2. The Balaban J connectivity index is 1.69. The van der Waals surface area contributed by atoms with Crippen LogP contribution in [0.4, 0.5) is 0 Å². The Bertz CT molecular complexity index is 577. The van der Waals surface area contributed by atoms with Crippen molar-refractivity contribution >= 4 is 17.6 Å². The molecule has 0 aromatic carbocycles. The summed E-state index contributed by atoms with van der Waals surface area (Å²) in [5.74, 6) is 0.266. The van der Waals surface area contributed by atoms with E-state index in [1.807, 2.05) is 0 Å². The van der Waals surface area contributed by atoms with Crippen molar-refractivity contribution in [2.75, 3.05) is 26.3 Å². The van der Waals surface area contributed by atoms with Crippen molar-refractivity contribution in [3.05, 3.63) is 16.7 Å². The number of aromatic nitrogens is 2. The van der Waals surface area contributed by atoms with Crippen molar-refractivity contribution < 1.29 is 14.6 Å². The molecule has 128 valence electrons. The standard InChI is InChI=1S/C16H24ClN3O3/c1-2-3-4-13-18-12(14(17)19-13)8-20-7-11-9-23-6-5-16(11,10-20)15(21)22/h11H,2-10H2,1H3,(H,18,19)(H,21,22)/t11-,16+/m1/s1. The molecule has 2 fully saturated rings. The van der Waals surface area contributed by atoms with Crippen molar-refractivity contribution in [1.82, 2.24) is 14.9 Å². The summed E-state index contributed by atoms with van der Waals surface area (Å²) in [6.45, 7) is 5.10. The fraction of sp³-hybridized carbons (Fsp3) is 0.750. The number of unbranched alkanes of at least 4 members (excludes halogenated alkanes) is 1. The van der Waals surface area contributed by atoms with E-state index in [1.54, 1.807) is 0 Å². The van der Waals surface area contributed by atoms with Crippen LogP contribution in [-0.4, -0.2) is 52.2 Å². The molecule has 2 aliphatic heterocycles. The Morgan fingerprint density at radius 3 is 3.13 bits per heavy atom. The summed E-state index contributed by atoms with van der Waals surface area (Å²) >= 11 is 6.24. The number of aliphatic carboxylic acids is 1. The minimum absolute atomic E-state index is 0.0509. The second-order valence-corrected chi connectivity index (χ2v) is 7.07. The minimum atomic E-state index is -0.701. The van der Waals surface area contributed by atoms with Crippen LogP contribution in [0.15, 0.2) is 0 Å². The molecule has 1 aromatic rings. The van der Waals surface area contributed by atoms with Gasteiger partial charge in [0.1, 0.15) is 5.82 Å². The number of halogens is 1. The molecule has 0 unspecified atom stereocenters. The van der Waals surface area contributed by atoms with Gasteiger partial charge in [-0.1, -0.05) is 24.9 Å². The first kappa shape index (κ1) is 16.7. The third-order valence-corrected chi connectivity index (χ3v) is 5.44. The van der Waals surface area contributed by atoms with Gasteiger partial charge in [0.25, 0.3) is 0 Å². The molecule has 2 saturated heterocycles. The number of rotatable bonds is 6. The van der Waals surface area contributed by atoms with Gasteiger partial charge in [-0.2, -0.15) is 0 Å². The number of aromatic amines is 1. The first-order chi connectivity index (χ1) is 11.0. The molecule has 2 aliphatic rings. The minimum Gasteiger partial charge on any atom is -0.481 e. The van der Waals surface area contributed by atoms with E-state index in [1.165, 1.54) is 0 Å². The molecule has 0 saturated carbocycles. The number of ether oxygens (including phenoxy) is 1. The van der Waals surface area contributed by atoms with E-state index >= 15 is 0 Å². The van der Waals surface area contributed by atoms with E-state index in [2.05, 4.69) is 21.8 Å². The largest absolute Gasteiger partial charge is 0.481 e. The first-order valence-corrected chi connectivity index (χ1v) is 8.69. The Labute approximate surface area is 141 Å². The number of carbonyl (C=O) groups is 1. The smallest absolute Gasteiger partial charge is 0.311 e. The number of imidazole rings is 1. The predicted octanol–water partition coefficient (Wildman–Crippen LogP) is 2.33. The predicted molar refractivity (Wildman–Crippen MR) is 86.5 cm³/mol. The molecule has 0 aliphatic carbocycles. The molecule has 3 heterocycles.